The van der Waals surface area contributed by atoms with E-state index in [4.69, 9.17) is 0 Å². The zero-order chi connectivity index (χ0) is 20.8. The molecule has 3 N–H and O–H groups in total. The first-order valence-corrected chi connectivity index (χ1v) is 12.2. The van der Waals surface area contributed by atoms with Crippen molar-refractivity contribution >= 4 is 33.2 Å². The van der Waals surface area contributed by atoms with Crippen molar-refractivity contribution in [3.63, 3.8) is 0 Å². The van der Waals surface area contributed by atoms with Gasteiger partial charge in [0.1, 0.15) is 0 Å². The number of carbonyl (C=O) groups is 2. The average molecular weight is 420 g/mol. The number of sulfonamides is 1. The molecule has 7 nitrogen and oxygen atoms in total. The van der Waals surface area contributed by atoms with Crippen molar-refractivity contribution in [1.29, 1.82) is 0 Å². The van der Waals surface area contributed by atoms with Crippen LogP contribution in [0.15, 0.2) is 18.2 Å². The number of benzene rings is 1. The summed E-state index contributed by atoms with van der Waals surface area (Å²) < 4.78 is 25.8. The summed E-state index contributed by atoms with van der Waals surface area (Å²) in [5.41, 5.74) is 1.07. The Morgan fingerprint density at radius 2 is 1.66 bits per heavy atom. The molecule has 1 aromatic rings. The van der Waals surface area contributed by atoms with Crippen LogP contribution in [-0.2, 0) is 14.8 Å². The zero-order valence-corrected chi connectivity index (χ0v) is 17.8. The van der Waals surface area contributed by atoms with Gasteiger partial charge in [-0.15, -0.1) is 0 Å². The van der Waals surface area contributed by atoms with Crippen molar-refractivity contribution in [2.24, 2.45) is 23.2 Å². The third kappa shape index (κ3) is 4.57. The first-order chi connectivity index (χ1) is 13.6. The van der Waals surface area contributed by atoms with Crippen LogP contribution in [0, 0.1) is 23.2 Å². The number of rotatable bonds is 6. The Morgan fingerprint density at radius 3 is 2.17 bits per heavy atom. The SMILES string of the molecule is CC(=O)Nc1ccc(NS(C)(=O)=O)c(C(=O)NCC23CC4CC(CC(C4)C2)C3)c1. The second kappa shape index (κ2) is 7.31. The third-order valence-electron chi connectivity index (χ3n) is 6.67. The van der Waals surface area contributed by atoms with E-state index in [2.05, 4.69) is 15.4 Å². The maximum Gasteiger partial charge on any atom is 0.253 e. The van der Waals surface area contributed by atoms with Gasteiger partial charge in [0.15, 0.2) is 0 Å². The van der Waals surface area contributed by atoms with Crippen molar-refractivity contribution in [2.75, 3.05) is 22.8 Å². The van der Waals surface area contributed by atoms with E-state index in [-0.39, 0.29) is 28.5 Å². The second-order valence-corrected chi connectivity index (χ2v) is 11.2. The molecule has 4 saturated carbocycles. The van der Waals surface area contributed by atoms with Crippen LogP contribution in [0.3, 0.4) is 0 Å². The molecule has 0 atom stereocenters. The van der Waals surface area contributed by atoms with Gasteiger partial charge in [-0.25, -0.2) is 8.42 Å². The lowest BCUT2D eigenvalue weighted by Crippen LogP contribution is -2.51. The van der Waals surface area contributed by atoms with Crippen molar-refractivity contribution < 1.29 is 18.0 Å². The summed E-state index contributed by atoms with van der Waals surface area (Å²) in [5, 5.41) is 5.72. The highest BCUT2D eigenvalue weighted by molar-refractivity contribution is 7.92. The lowest BCUT2D eigenvalue weighted by atomic mass is 9.49. The molecular formula is C21H29N3O4S. The quantitative estimate of drug-likeness (QED) is 0.659. The first-order valence-electron chi connectivity index (χ1n) is 10.3. The lowest BCUT2D eigenvalue weighted by molar-refractivity contribution is -0.114. The van der Waals surface area contributed by atoms with E-state index < -0.39 is 10.0 Å². The van der Waals surface area contributed by atoms with Crippen molar-refractivity contribution in [3.8, 4) is 0 Å². The standard InChI is InChI=1S/C21H29N3O4S/c1-13(25)23-17-3-4-19(24-29(2,27)28)18(8-17)20(26)22-12-21-9-14-5-15(10-21)7-16(6-14)11-21/h3-4,8,14-16,24H,5-7,9-12H2,1-2H3,(H,22,26)(H,23,25). The van der Waals surface area contributed by atoms with Crippen molar-refractivity contribution in [3.05, 3.63) is 23.8 Å². The van der Waals surface area contributed by atoms with E-state index in [1.54, 1.807) is 6.07 Å². The van der Waals surface area contributed by atoms with Crippen LogP contribution in [0.5, 0.6) is 0 Å². The van der Waals surface area contributed by atoms with Gasteiger partial charge in [-0.3, -0.25) is 14.3 Å². The largest absolute Gasteiger partial charge is 0.351 e. The van der Waals surface area contributed by atoms with Crippen molar-refractivity contribution in [1.82, 2.24) is 5.32 Å². The Hall–Kier alpha value is -2.09. The van der Waals surface area contributed by atoms with Crippen molar-refractivity contribution in [2.45, 2.75) is 45.4 Å². The van der Waals surface area contributed by atoms with Crippen LogP contribution in [0.1, 0.15) is 55.8 Å². The van der Waals surface area contributed by atoms with E-state index >= 15 is 0 Å². The minimum absolute atomic E-state index is 0.185. The molecular weight excluding hydrogens is 390 g/mol. The van der Waals surface area contributed by atoms with E-state index in [0.717, 1.165) is 24.0 Å². The highest BCUT2D eigenvalue weighted by Crippen LogP contribution is 2.59. The molecule has 0 radical (unpaired) electrons. The molecule has 4 bridgehead atoms. The summed E-state index contributed by atoms with van der Waals surface area (Å²) in [6, 6.07) is 4.60. The number of anilines is 2. The molecule has 0 saturated heterocycles. The smallest absolute Gasteiger partial charge is 0.253 e. The topological polar surface area (TPSA) is 104 Å². The zero-order valence-electron chi connectivity index (χ0n) is 17.0. The Kier molecular flexibility index (Phi) is 5.09. The molecule has 8 heteroatoms. The molecule has 0 aromatic heterocycles. The number of amides is 2. The number of hydrogen-bond acceptors (Lipinski definition) is 4. The van der Waals surface area contributed by atoms with Gasteiger partial charge in [0, 0.05) is 19.2 Å². The van der Waals surface area contributed by atoms with E-state index in [1.807, 2.05) is 0 Å². The Bertz CT molecular complexity index is 906. The summed E-state index contributed by atoms with van der Waals surface area (Å²) in [4.78, 5) is 24.4. The fourth-order valence-electron chi connectivity index (χ4n) is 6.17. The Morgan fingerprint density at radius 1 is 1.07 bits per heavy atom. The molecule has 158 valence electrons. The van der Waals surface area contributed by atoms with Crippen LogP contribution in [0.25, 0.3) is 0 Å². The Balaban J connectivity index is 1.53. The maximum absolute atomic E-state index is 13.0. The maximum atomic E-state index is 13.0. The summed E-state index contributed by atoms with van der Waals surface area (Å²) in [7, 11) is -3.54. The summed E-state index contributed by atoms with van der Waals surface area (Å²) >= 11 is 0. The minimum Gasteiger partial charge on any atom is -0.351 e. The summed E-state index contributed by atoms with van der Waals surface area (Å²) in [6.45, 7) is 2.01. The summed E-state index contributed by atoms with van der Waals surface area (Å²) in [6.07, 6.45) is 8.61. The molecule has 4 fully saturated rings. The van der Waals surface area contributed by atoms with E-state index in [1.165, 1.54) is 57.6 Å². The predicted molar refractivity (Wildman–Crippen MR) is 112 cm³/mol. The fourth-order valence-corrected chi connectivity index (χ4v) is 6.75. The number of carbonyl (C=O) groups excluding carboxylic acids is 2. The highest BCUT2D eigenvalue weighted by atomic mass is 32.2. The monoisotopic (exact) mass is 419 g/mol. The van der Waals surface area contributed by atoms with Crippen LogP contribution >= 0.6 is 0 Å². The van der Waals surface area contributed by atoms with Crippen LogP contribution in [0.2, 0.25) is 0 Å². The fraction of sp³-hybridized carbons (Fsp3) is 0.619. The molecule has 4 aliphatic carbocycles. The van der Waals surface area contributed by atoms with Gasteiger partial charge < -0.3 is 10.6 Å². The highest BCUT2D eigenvalue weighted by Gasteiger charge is 2.50. The Labute approximate surface area is 172 Å². The second-order valence-electron chi connectivity index (χ2n) is 9.42. The van der Waals surface area contributed by atoms with E-state index in [9.17, 15) is 18.0 Å². The first kappa shape index (κ1) is 20.2. The molecule has 4 aliphatic rings. The van der Waals surface area contributed by atoms with Crippen LogP contribution < -0.4 is 15.4 Å². The van der Waals surface area contributed by atoms with E-state index in [0.29, 0.717) is 12.2 Å². The van der Waals surface area contributed by atoms with Gasteiger partial charge in [-0.1, -0.05) is 0 Å². The average Bonchev–Trinajstić information content (AvgIpc) is 2.58. The number of nitrogens with one attached hydrogen (secondary N) is 3. The van der Waals surface area contributed by atoms with Gasteiger partial charge in [-0.05, 0) is 79.9 Å². The molecule has 2 amide bonds. The van der Waals surface area contributed by atoms with Gasteiger partial charge in [-0.2, -0.15) is 0 Å². The molecule has 0 unspecified atom stereocenters. The number of hydrogen-bond donors (Lipinski definition) is 3. The normalized spacial score (nSPS) is 30.1. The molecule has 29 heavy (non-hydrogen) atoms. The van der Waals surface area contributed by atoms with Crippen LogP contribution in [0.4, 0.5) is 11.4 Å². The predicted octanol–water partition coefficient (Wildman–Crippen LogP) is 2.96. The molecule has 5 rings (SSSR count). The molecule has 0 aliphatic heterocycles. The van der Waals surface area contributed by atoms with Gasteiger partial charge in [0.25, 0.3) is 5.91 Å². The van der Waals surface area contributed by atoms with Gasteiger partial charge in [0.05, 0.1) is 17.5 Å². The van der Waals surface area contributed by atoms with Gasteiger partial charge in [0.2, 0.25) is 15.9 Å². The lowest BCUT2D eigenvalue weighted by Gasteiger charge is -2.56. The molecule has 0 heterocycles. The van der Waals surface area contributed by atoms with Gasteiger partial charge >= 0.3 is 0 Å². The summed E-state index contributed by atoms with van der Waals surface area (Å²) in [5.74, 6) is 1.81. The minimum atomic E-state index is -3.54. The molecule has 0 spiro atoms. The molecule has 1 aromatic carbocycles. The van der Waals surface area contributed by atoms with Crippen LogP contribution in [-0.4, -0.2) is 33.0 Å². The third-order valence-corrected chi connectivity index (χ3v) is 7.26.